The van der Waals surface area contributed by atoms with Crippen molar-refractivity contribution in [3.05, 3.63) is 74.1 Å². The van der Waals surface area contributed by atoms with Crippen LogP contribution in [0.25, 0.3) is 0 Å². The highest BCUT2D eigenvalue weighted by Gasteiger charge is 2.14. The van der Waals surface area contributed by atoms with Crippen LogP contribution in [0.1, 0.15) is 45.6 Å². The molecule has 0 saturated heterocycles. The highest BCUT2D eigenvalue weighted by molar-refractivity contribution is 7.12. The Kier molecular flexibility index (Phi) is 6.08. The number of hydrogen-bond acceptors (Lipinski definition) is 5. The Hall–Kier alpha value is -2.15. The Morgan fingerprint density at radius 3 is 2.58 bits per heavy atom. The molecule has 2 heterocycles. The molecule has 26 heavy (non-hydrogen) atoms. The SMILES string of the molecule is CC(C)Oc1ccc(C(=O)NCc2ccc(C(O)c3ccsc3)s2)cc1. The van der Waals surface area contributed by atoms with Gasteiger partial charge in [-0.1, -0.05) is 0 Å². The lowest BCUT2D eigenvalue weighted by Crippen LogP contribution is -2.22. The number of aliphatic hydroxyl groups is 1. The van der Waals surface area contributed by atoms with Gasteiger partial charge in [0.1, 0.15) is 11.9 Å². The fourth-order valence-electron chi connectivity index (χ4n) is 2.46. The zero-order valence-corrected chi connectivity index (χ0v) is 16.3. The Labute approximate surface area is 161 Å². The number of aliphatic hydroxyl groups excluding tert-OH is 1. The summed E-state index contributed by atoms with van der Waals surface area (Å²) >= 11 is 3.07. The minimum absolute atomic E-state index is 0.104. The fraction of sp³-hybridized carbons (Fsp3) is 0.250. The third-order valence-corrected chi connectivity index (χ3v) is 5.56. The van der Waals surface area contributed by atoms with E-state index in [4.69, 9.17) is 4.74 Å². The van der Waals surface area contributed by atoms with Gasteiger partial charge in [0.05, 0.1) is 12.6 Å². The van der Waals surface area contributed by atoms with Crippen LogP contribution in [0.2, 0.25) is 0 Å². The lowest BCUT2D eigenvalue weighted by molar-refractivity contribution is 0.0951. The molecule has 1 amide bonds. The lowest BCUT2D eigenvalue weighted by atomic mass is 10.2. The summed E-state index contributed by atoms with van der Waals surface area (Å²) in [5, 5.41) is 17.2. The maximum atomic E-state index is 12.3. The van der Waals surface area contributed by atoms with Crippen LogP contribution in [0.4, 0.5) is 0 Å². The summed E-state index contributed by atoms with van der Waals surface area (Å²) in [7, 11) is 0. The molecule has 0 bridgehead atoms. The van der Waals surface area contributed by atoms with Crippen molar-refractivity contribution >= 4 is 28.6 Å². The molecular formula is C20H21NO3S2. The van der Waals surface area contributed by atoms with Crippen molar-refractivity contribution in [3.63, 3.8) is 0 Å². The summed E-state index contributed by atoms with van der Waals surface area (Å²) in [6, 6.07) is 12.9. The van der Waals surface area contributed by atoms with Crippen molar-refractivity contribution < 1.29 is 14.6 Å². The second kappa shape index (κ2) is 8.49. The summed E-state index contributed by atoms with van der Waals surface area (Å²) in [5.74, 6) is 0.622. The molecule has 0 aliphatic carbocycles. The van der Waals surface area contributed by atoms with Crippen LogP contribution < -0.4 is 10.1 Å². The predicted molar refractivity (Wildman–Crippen MR) is 106 cm³/mol. The van der Waals surface area contributed by atoms with Gasteiger partial charge >= 0.3 is 0 Å². The largest absolute Gasteiger partial charge is 0.491 e. The van der Waals surface area contributed by atoms with E-state index < -0.39 is 6.10 Å². The van der Waals surface area contributed by atoms with E-state index >= 15 is 0 Å². The van der Waals surface area contributed by atoms with Gasteiger partial charge < -0.3 is 15.2 Å². The maximum absolute atomic E-state index is 12.3. The number of thiophene rings is 2. The fourth-order valence-corrected chi connectivity index (χ4v) is 4.10. The van der Waals surface area contributed by atoms with Gasteiger partial charge in [-0.2, -0.15) is 11.3 Å². The quantitative estimate of drug-likeness (QED) is 0.622. The number of carbonyl (C=O) groups excluding carboxylic acids is 1. The zero-order valence-electron chi connectivity index (χ0n) is 14.6. The average Bonchev–Trinajstić information content (AvgIpc) is 3.31. The molecule has 6 heteroatoms. The molecule has 0 aliphatic heterocycles. The normalized spacial score (nSPS) is 12.2. The van der Waals surface area contributed by atoms with Crippen molar-refractivity contribution in [2.45, 2.75) is 32.6 Å². The van der Waals surface area contributed by atoms with Crippen LogP contribution in [-0.2, 0) is 6.54 Å². The standard InChI is InChI=1S/C20H21NO3S2/c1-13(2)24-16-5-3-14(4-6-16)20(23)21-11-17-7-8-18(26-17)19(22)15-9-10-25-12-15/h3-10,12-13,19,22H,11H2,1-2H3,(H,21,23). The third-order valence-electron chi connectivity index (χ3n) is 3.72. The summed E-state index contributed by atoms with van der Waals surface area (Å²) in [5.41, 5.74) is 1.49. The topological polar surface area (TPSA) is 58.6 Å². The van der Waals surface area contributed by atoms with Crippen molar-refractivity contribution in [1.82, 2.24) is 5.32 Å². The third kappa shape index (κ3) is 4.72. The van der Waals surface area contributed by atoms with Gasteiger partial charge in [-0.25, -0.2) is 0 Å². The van der Waals surface area contributed by atoms with Gasteiger partial charge in [-0.05, 0) is 72.6 Å². The molecule has 0 aliphatic rings. The number of ether oxygens (including phenoxy) is 1. The van der Waals surface area contributed by atoms with Crippen LogP contribution in [0.5, 0.6) is 5.75 Å². The highest BCUT2D eigenvalue weighted by atomic mass is 32.1. The second-order valence-corrected chi connectivity index (χ2v) is 8.12. The first-order chi connectivity index (χ1) is 12.5. The number of benzene rings is 1. The maximum Gasteiger partial charge on any atom is 0.251 e. The molecule has 3 aromatic rings. The zero-order chi connectivity index (χ0) is 18.5. The molecule has 3 rings (SSSR count). The van der Waals surface area contributed by atoms with Crippen molar-refractivity contribution in [1.29, 1.82) is 0 Å². The van der Waals surface area contributed by atoms with Crippen LogP contribution in [0.3, 0.4) is 0 Å². The van der Waals surface area contributed by atoms with E-state index in [2.05, 4.69) is 5.32 Å². The first-order valence-electron chi connectivity index (χ1n) is 8.36. The first kappa shape index (κ1) is 18.6. The van der Waals surface area contributed by atoms with E-state index in [-0.39, 0.29) is 12.0 Å². The second-order valence-electron chi connectivity index (χ2n) is 6.14. The number of hydrogen-bond donors (Lipinski definition) is 2. The van der Waals surface area contributed by atoms with Gasteiger partial charge in [0.2, 0.25) is 0 Å². The van der Waals surface area contributed by atoms with E-state index in [9.17, 15) is 9.90 Å². The molecule has 2 N–H and O–H groups in total. The lowest BCUT2D eigenvalue weighted by Gasteiger charge is -2.10. The molecule has 0 spiro atoms. The molecule has 2 aromatic heterocycles. The molecule has 1 atom stereocenters. The molecule has 1 aromatic carbocycles. The number of amides is 1. The van der Waals surface area contributed by atoms with Gasteiger partial charge in [-0.3, -0.25) is 4.79 Å². The van der Waals surface area contributed by atoms with E-state index in [1.54, 1.807) is 35.6 Å². The summed E-state index contributed by atoms with van der Waals surface area (Å²) in [4.78, 5) is 14.2. The van der Waals surface area contributed by atoms with Crippen LogP contribution in [0, 0.1) is 0 Å². The Balaban J connectivity index is 1.56. The van der Waals surface area contributed by atoms with Crippen molar-refractivity contribution in [3.8, 4) is 5.75 Å². The Morgan fingerprint density at radius 1 is 1.15 bits per heavy atom. The van der Waals surface area contributed by atoms with E-state index in [1.807, 2.05) is 42.8 Å². The van der Waals surface area contributed by atoms with Crippen LogP contribution >= 0.6 is 22.7 Å². The van der Waals surface area contributed by atoms with Crippen molar-refractivity contribution in [2.75, 3.05) is 0 Å². The van der Waals surface area contributed by atoms with Crippen LogP contribution in [-0.4, -0.2) is 17.1 Å². The molecule has 0 fully saturated rings. The minimum Gasteiger partial charge on any atom is -0.491 e. The predicted octanol–water partition coefficient (Wildman–Crippen LogP) is 4.61. The smallest absolute Gasteiger partial charge is 0.251 e. The van der Waals surface area contributed by atoms with E-state index in [1.165, 1.54) is 11.3 Å². The van der Waals surface area contributed by atoms with Crippen LogP contribution in [0.15, 0.2) is 53.2 Å². The molecule has 0 radical (unpaired) electrons. The van der Waals surface area contributed by atoms with Gasteiger partial charge in [-0.15, -0.1) is 11.3 Å². The summed E-state index contributed by atoms with van der Waals surface area (Å²) in [6.45, 7) is 4.36. The van der Waals surface area contributed by atoms with Gasteiger partial charge in [0.15, 0.2) is 0 Å². The minimum atomic E-state index is -0.607. The Morgan fingerprint density at radius 2 is 1.92 bits per heavy atom. The monoisotopic (exact) mass is 387 g/mol. The summed E-state index contributed by atoms with van der Waals surface area (Å²) < 4.78 is 5.58. The number of carbonyl (C=O) groups is 1. The van der Waals surface area contributed by atoms with Crippen molar-refractivity contribution in [2.24, 2.45) is 0 Å². The molecule has 4 nitrogen and oxygen atoms in total. The van der Waals surface area contributed by atoms with E-state index in [0.29, 0.717) is 12.1 Å². The van der Waals surface area contributed by atoms with E-state index in [0.717, 1.165) is 21.1 Å². The van der Waals surface area contributed by atoms with Gasteiger partial charge in [0, 0.05) is 15.3 Å². The molecule has 0 saturated carbocycles. The number of nitrogens with one attached hydrogen (secondary N) is 1. The first-order valence-corrected chi connectivity index (χ1v) is 10.1. The summed E-state index contributed by atoms with van der Waals surface area (Å²) in [6.07, 6.45) is -0.503. The van der Waals surface area contributed by atoms with Gasteiger partial charge in [0.25, 0.3) is 5.91 Å². The number of rotatable bonds is 7. The Bertz CT molecular complexity index is 838. The highest BCUT2D eigenvalue weighted by Crippen LogP contribution is 2.29. The molecule has 1 unspecified atom stereocenters. The molecular weight excluding hydrogens is 366 g/mol. The average molecular weight is 388 g/mol. The molecule has 136 valence electrons.